The highest BCUT2D eigenvalue weighted by Gasteiger charge is 2.55. The van der Waals surface area contributed by atoms with Crippen LogP contribution in [-0.2, 0) is 10.0 Å². The Morgan fingerprint density at radius 3 is 2.11 bits per heavy atom. The summed E-state index contributed by atoms with van der Waals surface area (Å²) in [5.41, 5.74) is -1.06. The smallest absolute Gasteiger partial charge is 0.214 e. The van der Waals surface area contributed by atoms with Gasteiger partial charge >= 0.3 is 0 Å². The zero-order valence-electron chi connectivity index (χ0n) is 5.03. The van der Waals surface area contributed by atoms with Gasteiger partial charge in [-0.2, -0.15) is 0 Å². The van der Waals surface area contributed by atoms with Gasteiger partial charge < -0.3 is 5.11 Å². The minimum absolute atomic E-state index is 0.270. The van der Waals surface area contributed by atoms with Gasteiger partial charge in [-0.3, -0.25) is 0 Å². The first-order chi connectivity index (χ1) is 3.84. The van der Waals surface area contributed by atoms with E-state index in [1.165, 1.54) is 6.92 Å². The Kier molecular flexibility index (Phi) is 1.14. The van der Waals surface area contributed by atoms with Crippen LogP contribution in [0.3, 0.4) is 0 Å². The molecule has 1 saturated carbocycles. The van der Waals surface area contributed by atoms with E-state index in [1.807, 2.05) is 0 Å². The quantitative estimate of drug-likeness (QED) is 0.494. The number of rotatable bonds is 1. The van der Waals surface area contributed by atoms with Crippen LogP contribution in [0.15, 0.2) is 0 Å². The summed E-state index contributed by atoms with van der Waals surface area (Å²) in [6.45, 7) is 1.46. The molecule has 1 aliphatic carbocycles. The lowest BCUT2D eigenvalue weighted by Crippen LogP contribution is -2.24. The third-order valence-electron chi connectivity index (χ3n) is 1.53. The molecule has 54 valence electrons. The van der Waals surface area contributed by atoms with Crippen LogP contribution < -0.4 is 5.14 Å². The van der Waals surface area contributed by atoms with Gasteiger partial charge in [-0.25, -0.2) is 13.6 Å². The van der Waals surface area contributed by atoms with E-state index >= 15 is 0 Å². The van der Waals surface area contributed by atoms with E-state index in [9.17, 15) is 8.42 Å². The summed E-state index contributed by atoms with van der Waals surface area (Å²) in [6.07, 6.45) is 0.270. The van der Waals surface area contributed by atoms with Crippen molar-refractivity contribution in [1.82, 2.24) is 0 Å². The molecule has 0 aromatic rings. The van der Waals surface area contributed by atoms with E-state index in [0.717, 1.165) is 0 Å². The molecule has 1 rings (SSSR count). The second kappa shape index (κ2) is 1.47. The molecule has 4 nitrogen and oxygen atoms in total. The number of sulfonamides is 1. The summed E-state index contributed by atoms with van der Waals surface area (Å²) >= 11 is 0. The van der Waals surface area contributed by atoms with Gasteiger partial charge in [0.2, 0.25) is 10.0 Å². The average molecular weight is 151 g/mol. The Hall–Kier alpha value is -0.130. The molecule has 9 heavy (non-hydrogen) atoms. The summed E-state index contributed by atoms with van der Waals surface area (Å²) < 4.78 is 20.9. The number of primary sulfonamides is 1. The molecule has 2 unspecified atom stereocenters. The molecule has 0 aliphatic heterocycles. The van der Waals surface area contributed by atoms with Crippen LogP contribution in [0.25, 0.3) is 0 Å². The van der Waals surface area contributed by atoms with E-state index in [4.69, 9.17) is 10.2 Å². The van der Waals surface area contributed by atoms with Gasteiger partial charge in [0.1, 0.15) is 5.25 Å². The third kappa shape index (κ3) is 1.23. The monoisotopic (exact) mass is 151 g/mol. The van der Waals surface area contributed by atoms with E-state index in [0.29, 0.717) is 0 Å². The molecule has 0 spiro atoms. The average Bonchev–Trinajstić information content (AvgIpc) is 2.10. The predicted molar refractivity (Wildman–Crippen MR) is 32.1 cm³/mol. The van der Waals surface area contributed by atoms with Gasteiger partial charge in [-0.05, 0) is 13.3 Å². The molecule has 3 N–H and O–H groups in total. The molecule has 1 fully saturated rings. The van der Waals surface area contributed by atoms with Crippen LogP contribution in [0.2, 0.25) is 0 Å². The lowest BCUT2D eigenvalue weighted by Gasteiger charge is -1.97. The van der Waals surface area contributed by atoms with Gasteiger partial charge in [-0.1, -0.05) is 0 Å². The molecule has 0 amide bonds. The first-order valence-corrected chi connectivity index (χ1v) is 4.19. The molecule has 0 radical (unpaired) electrons. The van der Waals surface area contributed by atoms with Gasteiger partial charge in [0.15, 0.2) is 0 Å². The van der Waals surface area contributed by atoms with Crippen molar-refractivity contribution in [3.63, 3.8) is 0 Å². The fourth-order valence-electron chi connectivity index (χ4n) is 0.786. The second-order valence-electron chi connectivity index (χ2n) is 2.64. The van der Waals surface area contributed by atoms with Crippen LogP contribution in [0.5, 0.6) is 0 Å². The molecule has 0 aromatic carbocycles. The molecule has 5 heteroatoms. The zero-order chi connectivity index (χ0) is 7.28. The van der Waals surface area contributed by atoms with E-state index in [1.54, 1.807) is 0 Å². The van der Waals surface area contributed by atoms with Crippen LogP contribution in [0, 0.1) is 0 Å². The molecule has 1 aliphatic rings. The third-order valence-corrected chi connectivity index (χ3v) is 3.00. The summed E-state index contributed by atoms with van der Waals surface area (Å²) in [4.78, 5) is 0. The number of hydrogen-bond donors (Lipinski definition) is 2. The van der Waals surface area contributed by atoms with Gasteiger partial charge in [0.05, 0.1) is 5.60 Å². The molecular formula is C4H9NO3S. The molecular weight excluding hydrogens is 142 g/mol. The van der Waals surface area contributed by atoms with Crippen molar-refractivity contribution in [1.29, 1.82) is 0 Å². The molecule has 0 aromatic heterocycles. The van der Waals surface area contributed by atoms with Gasteiger partial charge in [-0.15, -0.1) is 0 Å². The highest BCUT2D eigenvalue weighted by molar-refractivity contribution is 7.90. The van der Waals surface area contributed by atoms with E-state index in [2.05, 4.69) is 0 Å². The molecule has 0 bridgehead atoms. The van der Waals surface area contributed by atoms with E-state index in [-0.39, 0.29) is 6.42 Å². The first kappa shape index (κ1) is 6.98. The topological polar surface area (TPSA) is 80.4 Å². The Labute approximate surface area is 53.7 Å². The normalized spacial score (nSPS) is 42.8. The number of hydrogen-bond acceptors (Lipinski definition) is 3. The number of nitrogens with two attached hydrogens (primary N) is 1. The highest BCUT2D eigenvalue weighted by Crippen LogP contribution is 2.39. The Bertz CT molecular complexity index is 218. The Balaban J connectivity index is 2.75. The summed E-state index contributed by atoms with van der Waals surface area (Å²) in [5, 5.41) is 13.0. The van der Waals surface area contributed by atoms with Crippen molar-refractivity contribution in [2.45, 2.75) is 24.2 Å². The highest BCUT2D eigenvalue weighted by atomic mass is 32.2. The fourth-order valence-corrected chi connectivity index (χ4v) is 2.06. The second-order valence-corrected chi connectivity index (χ2v) is 4.39. The van der Waals surface area contributed by atoms with Crippen molar-refractivity contribution in [3.05, 3.63) is 0 Å². The minimum Gasteiger partial charge on any atom is -0.389 e. The maximum atomic E-state index is 10.4. The zero-order valence-corrected chi connectivity index (χ0v) is 5.85. The standard InChI is InChI=1S/C4H9NO3S/c1-4(6)2-3(4)9(5,7)8/h3,6H,2H2,1H3,(H2,5,7,8). The Morgan fingerprint density at radius 1 is 1.78 bits per heavy atom. The lowest BCUT2D eigenvalue weighted by atomic mass is 10.4. The Morgan fingerprint density at radius 2 is 2.11 bits per heavy atom. The largest absolute Gasteiger partial charge is 0.389 e. The minimum atomic E-state index is -3.49. The van der Waals surface area contributed by atoms with Crippen LogP contribution in [0.1, 0.15) is 13.3 Å². The molecule has 0 saturated heterocycles. The van der Waals surface area contributed by atoms with Crippen LogP contribution in [0.4, 0.5) is 0 Å². The van der Waals surface area contributed by atoms with Crippen LogP contribution >= 0.6 is 0 Å². The summed E-state index contributed by atoms with van der Waals surface area (Å²) in [6, 6.07) is 0. The van der Waals surface area contributed by atoms with Crippen molar-refractivity contribution in [2.75, 3.05) is 0 Å². The summed E-state index contributed by atoms with van der Waals surface area (Å²) in [5.74, 6) is 0. The van der Waals surface area contributed by atoms with Gasteiger partial charge in [0.25, 0.3) is 0 Å². The first-order valence-electron chi connectivity index (χ1n) is 2.58. The van der Waals surface area contributed by atoms with Crippen molar-refractivity contribution >= 4 is 10.0 Å². The number of aliphatic hydroxyl groups is 1. The van der Waals surface area contributed by atoms with Crippen molar-refractivity contribution in [3.8, 4) is 0 Å². The summed E-state index contributed by atoms with van der Waals surface area (Å²) in [7, 11) is -3.49. The lowest BCUT2D eigenvalue weighted by molar-refractivity contribution is 0.173. The molecule has 2 atom stereocenters. The fraction of sp³-hybridized carbons (Fsp3) is 1.00. The SMILES string of the molecule is CC1(O)CC1S(N)(=O)=O. The van der Waals surface area contributed by atoms with Crippen molar-refractivity contribution < 1.29 is 13.5 Å². The maximum Gasteiger partial charge on any atom is 0.214 e. The predicted octanol–water partition coefficient (Wildman–Crippen LogP) is -1.20. The van der Waals surface area contributed by atoms with Gasteiger partial charge in [0, 0.05) is 0 Å². The van der Waals surface area contributed by atoms with E-state index < -0.39 is 20.9 Å². The maximum absolute atomic E-state index is 10.4. The van der Waals surface area contributed by atoms with Crippen LogP contribution in [-0.4, -0.2) is 24.4 Å². The molecule has 0 heterocycles. The van der Waals surface area contributed by atoms with Crippen molar-refractivity contribution in [2.24, 2.45) is 5.14 Å².